The number of hydrogen-bond donors (Lipinski definition) is 3. The Morgan fingerprint density at radius 3 is 2.74 bits per heavy atom. The van der Waals surface area contributed by atoms with Gasteiger partial charge >= 0.3 is 6.03 Å². The van der Waals surface area contributed by atoms with Crippen LogP contribution >= 0.6 is 0 Å². The molecule has 0 aliphatic carbocycles. The Labute approximate surface area is 138 Å². The van der Waals surface area contributed by atoms with Crippen molar-refractivity contribution in [3.63, 3.8) is 0 Å². The Bertz CT molecular complexity index is 520. The molecule has 0 saturated carbocycles. The Balaban J connectivity index is 1.89. The molecule has 2 unspecified atom stereocenters. The summed E-state index contributed by atoms with van der Waals surface area (Å²) in [6.45, 7) is 7.22. The molecule has 1 aromatic rings. The SMILES string of the molecule is CCC(CC)(CO)CNC(=O)NC(C)C1COc2ccccc21. The van der Waals surface area contributed by atoms with Crippen LogP contribution in [0, 0.1) is 5.41 Å². The smallest absolute Gasteiger partial charge is 0.315 e. The van der Waals surface area contributed by atoms with Crippen LogP contribution in [0.15, 0.2) is 24.3 Å². The van der Waals surface area contributed by atoms with E-state index in [2.05, 4.69) is 10.6 Å². The molecule has 0 saturated heterocycles. The summed E-state index contributed by atoms with van der Waals surface area (Å²) in [6, 6.07) is 7.74. The van der Waals surface area contributed by atoms with E-state index in [0.717, 1.165) is 24.2 Å². The zero-order valence-corrected chi connectivity index (χ0v) is 14.3. The predicted octanol–water partition coefficient (Wildman–Crippen LogP) is 2.65. The number of fused-ring (bicyclic) bond motifs is 1. The summed E-state index contributed by atoms with van der Waals surface area (Å²) in [5, 5.41) is 15.5. The van der Waals surface area contributed by atoms with Crippen molar-refractivity contribution in [2.24, 2.45) is 5.41 Å². The molecule has 23 heavy (non-hydrogen) atoms. The van der Waals surface area contributed by atoms with Gasteiger partial charge in [-0.1, -0.05) is 32.0 Å². The minimum atomic E-state index is -0.232. The molecule has 1 aliphatic heterocycles. The van der Waals surface area contributed by atoms with Crippen molar-refractivity contribution < 1.29 is 14.6 Å². The molecule has 0 aromatic heterocycles. The second-order valence-corrected chi connectivity index (χ2v) is 6.44. The van der Waals surface area contributed by atoms with Crippen molar-refractivity contribution in [2.75, 3.05) is 19.8 Å². The average molecular weight is 320 g/mol. The molecular weight excluding hydrogens is 292 g/mol. The number of rotatable bonds is 7. The summed E-state index contributed by atoms with van der Waals surface area (Å²) in [7, 11) is 0. The van der Waals surface area contributed by atoms with Crippen molar-refractivity contribution in [2.45, 2.75) is 45.6 Å². The number of aliphatic hydroxyl groups is 1. The lowest BCUT2D eigenvalue weighted by Crippen LogP contribution is -2.47. The van der Waals surface area contributed by atoms with Gasteiger partial charge in [0.1, 0.15) is 5.75 Å². The molecule has 5 heteroatoms. The topological polar surface area (TPSA) is 70.6 Å². The lowest BCUT2D eigenvalue weighted by molar-refractivity contribution is 0.114. The first-order valence-electron chi connectivity index (χ1n) is 8.42. The zero-order valence-electron chi connectivity index (χ0n) is 14.3. The maximum Gasteiger partial charge on any atom is 0.315 e. The molecule has 0 bridgehead atoms. The van der Waals surface area contributed by atoms with Crippen molar-refractivity contribution in [1.82, 2.24) is 10.6 Å². The third kappa shape index (κ3) is 3.96. The number of para-hydroxylation sites is 1. The maximum atomic E-state index is 12.2. The number of benzene rings is 1. The van der Waals surface area contributed by atoms with Crippen molar-refractivity contribution in [1.29, 1.82) is 0 Å². The van der Waals surface area contributed by atoms with Gasteiger partial charge in [-0.25, -0.2) is 4.79 Å². The van der Waals surface area contributed by atoms with Gasteiger partial charge in [-0.15, -0.1) is 0 Å². The maximum absolute atomic E-state index is 12.2. The number of hydrogen-bond acceptors (Lipinski definition) is 3. The normalized spacial score (nSPS) is 18.0. The van der Waals surface area contributed by atoms with Crippen LogP contribution in [0.5, 0.6) is 5.75 Å². The molecule has 2 amide bonds. The van der Waals surface area contributed by atoms with Crippen LogP contribution in [-0.2, 0) is 0 Å². The Kier molecular flexibility index (Phi) is 5.88. The quantitative estimate of drug-likeness (QED) is 0.723. The van der Waals surface area contributed by atoms with Crippen LogP contribution in [0.25, 0.3) is 0 Å². The van der Waals surface area contributed by atoms with E-state index < -0.39 is 0 Å². The van der Waals surface area contributed by atoms with Crippen molar-refractivity contribution in [3.05, 3.63) is 29.8 Å². The standard InChI is InChI=1S/C18H28N2O3/c1-4-18(5-2,12-21)11-19-17(22)20-13(3)15-10-23-16-9-7-6-8-14(15)16/h6-9,13,15,21H,4-5,10-12H2,1-3H3,(H2,19,20,22). The number of ether oxygens (including phenoxy) is 1. The highest BCUT2D eigenvalue weighted by Crippen LogP contribution is 2.35. The second-order valence-electron chi connectivity index (χ2n) is 6.44. The summed E-state index contributed by atoms with van der Waals surface area (Å²) in [6.07, 6.45) is 1.67. The predicted molar refractivity (Wildman–Crippen MR) is 90.8 cm³/mol. The molecule has 0 fully saturated rings. The summed E-state index contributed by atoms with van der Waals surface area (Å²) in [5.41, 5.74) is 0.913. The number of nitrogens with one attached hydrogen (secondary N) is 2. The van der Waals surface area contributed by atoms with E-state index in [-0.39, 0.29) is 30.0 Å². The minimum absolute atomic E-state index is 0.0228. The van der Waals surface area contributed by atoms with Gasteiger partial charge in [0, 0.05) is 29.5 Å². The van der Waals surface area contributed by atoms with Crippen LogP contribution in [0.1, 0.15) is 45.1 Å². The number of urea groups is 1. The van der Waals surface area contributed by atoms with E-state index in [9.17, 15) is 9.90 Å². The van der Waals surface area contributed by atoms with Crippen LogP contribution in [0.2, 0.25) is 0 Å². The molecule has 0 radical (unpaired) electrons. The van der Waals surface area contributed by atoms with E-state index in [0.29, 0.717) is 13.2 Å². The summed E-state index contributed by atoms with van der Waals surface area (Å²) < 4.78 is 5.68. The number of carbonyl (C=O) groups is 1. The third-order valence-corrected chi connectivity index (χ3v) is 5.16. The highest BCUT2D eigenvalue weighted by atomic mass is 16.5. The molecule has 3 N–H and O–H groups in total. The molecule has 2 atom stereocenters. The number of aliphatic hydroxyl groups excluding tert-OH is 1. The Hall–Kier alpha value is -1.75. The molecule has 0 spiro atoms. The third-order valence-electron chi connectivity index (χ3n) is 5.16. The van der Waals surface area contributed by atoms with Gasteiger partial charge in [0.05, 0.1) is 13.2 Å². The lowest BCUT2D eigenvalue weighted by Gasteiger charge is -2.30. The monoisotopic (exact) mass is 320 g/mol. The van der Waals surface area contributed by atoms with E-state index in [1.165, 1.54) is 0 Å². The Morgan fingerprint density at radius 2 is 2.09 bits per heavy atom. The fraction of sp³-hybridized carbons (Fsp3) is 0.611. The average Bonchev–Trinajstić information content (AvgIpc) is 3.01. The number of amides is 2. The van der Waals surface area contributed by atoms with Gasteiger partial charge in [-0.3, -0.25) is 0 Å². The van der Waals surface area contributed by atoms with E-state index in [1.54, 1.807) is 0 Å². The first-order valence-corrected chi connectivity index (χ1v) is 8.42. The fourth-order valence-corrected chi connectivity index (χ4v) is 3.01. The first-order chi connectivity index (χ1) is 11.0. The lowest BCUT2D eigenvalue weighted by atomic mass is 9.83. The van der Waals surface area contributed by atoms with Gasteiger partial charge < -0.3 is 20.5 Å². The van der Waals surface area contributed by atoms with Gasteiger partial charge in [0.25, 0.3) is 0 Å². The van der Waals surface area contributed by atoms with Gasteiger partial charge in [0.15, 0.2) is 0 Å². The van der Waals surface area contributed by atoms with Crippen LogP contribution in [0.4, 0.5) is 4.79 Å². The van der Waals surface area contributed by atoms with E-state index >= 15 is 0 Å². The van der Waals surface area contributed by atoms with Crippen molar-refractivity contribution in [3.8, 4) is 5.75 Å². The molecule has 1 heterocycles. The van der Waals surface area contributed by atoms with E-state index in [1.807, 2.05) is 45.0 Å². The molecule has 1 aliphatic rings. The van der Waals surface area contributed by atoms with Crippen LogP contribution in [0.3, 0.4) is 0 Å². The molecule has 1 aromatic carbocycles. The van der Waals surface area contributed by atoms with Crippen LogP contribution in [-0.4, -0.2) is 36.9 Å². The first kappa shape index (κ1) is 17.6. The summed E-state index contributed by atoms with van der Waals surface area (Å²) in [5.74, 6) is 1.07. The van der Waals surface area contributed by atoms with E-state index in [4.69, 9.17) is 4.74 Å². The summed E-state index contributed by atoms with van der Waals surface area (Å²) >= 11 is 0. The summed E-state index contributed by atoms with van der Waals surface area (Å²) in [4.78, 5) is 12.2. The second kappa shape index (κ2) is 7.68. The van der Waals surface area contributed by atoms with Crippen LogP contribution < -0.4 is 15.4 Å². The Morgan fingerprint density at radius 1 is 1.39 bits per heavy atom. The highest BCUT2D eigenvalue weighted by molar-refractivity contribution is 5.74. The molecular formula is C18H28N2O3. The molecule has 128 valence electrons. The molecule has 2 rings (SSSR count). The molecule has 5 nitrogen and oxygen atoms in total. The highest BCUT2D eigenvalue weighted by Gasteiger charge is 2.30. The minimum Gasteiger partial charge on any atom is -0.493 e. The van der Waals surface area contributed by atoms with Crippen molar-refractivity contribution >= 4 is 6.03 Å². The zero-order chi connectivity index (χ0) is 16.9. The fourth-order valence-electron chi connectivity index (χ4n) is 3.01. The van der Waals surface area contributed by atoms with Gasteiger partial charge in [0.2, 0.25) is 0 Å². The number of carbonyl (C=O) groups excluding carboxylic acids is 1. The van der Waals surface area contributed by atoms with Gasteiger partial charge in [-0.05, 0) is 25.8 Å². The largest absolute Gasteiger partial charge is 0.493 e. The van der Waals surface area contributed by atoms with Gasteiger partial charge in [-0.2, -0.15) is 0 Å².